The van der Waals surface area contributed by atoms with E-state index in [4.69, 9.17) is 4.74 Å². The quantitative estimate of drug-likeness (QED) is 0.901. The van der Waals surface area contributed by atoms with E-state index in [1.54, 1.807) is 0 Å². The van der Waals surface area contributed by atoms with Crippen LogP contribution in [0.5, 0.6) is 5.75 Å². The van der Waals surface area contributed by atoms with E-state index < -0.39 is 0 Å². The Hall–Kier alpha value is -1.80. The van der Waals surface area contributed by atoms with E-state index >= 15 is 0 Å². The topological polar surface area (TPSA) is 21.3 Å². The Bertz CT molecular complexity index is 633. The molecule has 110 valence electrons. The number of benzene rings is 2. The van der Waals surface area contributed by atoms with E-state index in [1.165, 1.54) is 16.7 Å². The molecule has 0 saturated carbocycles. The van der Waals surface area contributed by atoms with E-state index in [1.807, 2.05) is 6.07 Å². The van der Waals surface area contributed by atoms with Crippen LogP contribution in [0.15, 0.2) is 48.5 Å². The van der Waals surface area contributed by atoms with Crippen LogP contribution in [0.25, 0.3) is 0 Å². The van der Waals surface area contributed by atoms with E-state index in [-0.39, 0.29) is 5.60 Å². The van der Waals surface area contributed by atoms with Crippen molar-refractivity contribution in [3.8, 4) is 5.75 Å². The lowest BCUT2D eigenvalue weighted by Gasteiger charge is -2.38. The molecule has 2 heteroatoms. The molecule has 0 bridgehead atoms. The van der Waals surface area contributed by atoms with Gasteiger partial charge in [0.2, 0.25) is 0 Å². The van der Waals surface area contributed by atoms with Crippen LogP contribution in [0, 0.1) is 6.92 Å². The fraction of sp³-hybridized carbons (Fsp3) is 0.368. The summed E-state index contributed by atoms with van der Waals surface area (Å²) in [5, 5.41) is 3.71. The Labute approximate surface area is 127 Å². The molecule has 2 aromatic carbocycles. The van der Waals surface area contributed by atoms with E-state index in [0.717, 1.165) is 18.7 Å². The average molecular weight is 281 g/mol. The van der Waals surface area contributed by atoms with Gasteiger partial charge in [0.25, 0.3) is 0 Å². The van der Waals surface area contributed by atoms with Crippen molar-refractivity contribution in [1.82, 2.24) is 5.32 Å². The molecule has 0 aliphatic carbocycles. The summed E-state index contributed by atoms with van der Waals surface area (Å²) in [5.41, 5.74) is 3.84. The first kappa shape index (κ1) is 14.2. The van der Waals surface area contributed by atoms with Gasteiger partial charge in [-0.05, 0) is 38.0 Å². The zero-order valence-corrected chi connectivity index (χ0v) is 13.0. The van der Waals surface area contributed by atoms with Gasteiger partial charge >= 0.3 is 0 Å². The van der Waals surface area contributed by atoms with Gasteiger partial charge in [-0.2, -0.15) is 0 Å². The number of hydrogen-bond acceptors (Lipinski definition) is 2. The second-order valence-corrected chi connectivity index (χ2v) is 6.46. The summed E-state index contributed by atoms with van der Waals surface area (Å²) >= 11 is 0. The molecule has 1 unspecified atom stereocenters. The van der Waals surface area contributed by atoms with Gasteiger partial charge in [0, 0.05) is 24.6 Å². The summed E-state index contributed by atoms with van der Waals surface area (Å²) in [4.78, 5) is 0. The molecule has 21 heavy (non-hydrogen) atoms. The minimum atomic E-state index is -0.127. The molecular formula is C19H23NO. The second kappa shape index (κ2) is 5.53. The first-order valence-corrected chi connectivity index (χ1v) is 7.61. The third-order valence-electron chi connectivity index (χ3n) is 4.18. The molecule has 1 atom stereocenters. The standard InChI is InChI=1S/C19H23NO/c1-14-8-4-5-9-15(14)13-20-17-12-19(2,3)21-18-11-7-6-10-16(17)18/h4-11,17,20H,12-13H2,1-3H3. The van der Waals surface area contributed by atoms with Crippen molar-refractivity contribution < 1.29 is 4.74 Å². The molecular weight excluding hydrogens is 258 g/mol. The number of rotatable bonds is 3. The molecule has 0 spiro atoms. The maximum atomic E-state index is 6.09. The highest BCUT2D eigenvalue weighted by atomic mass is 16.5. The van der Waals surface area contributed by atoms with Gasteiger partial charge in [-0.1, -0.05) is 42.5 Å². The van der Waals surface area contributed by atoms with E-state index in [0.29, 0.717) is 6.04 Å². The summed E-state index contributed by atoms with van der Waals surface area (Å²) in [6, 6.07) is 17.2. The highest BCUT2D eigenvalue weighted by Crippen LogP contribution is 2.39. The highest BCUT2D eigenvalue weighted by molar-refractivity contribution is 5.39. The van der Waals surface area contributed by atoms with Crippen LogP contribution in [-0.2, 0) is 6.54 Å². The van der Waals surface area contributed by atoms with Crippen LogP contribution >= 0.6 is 0 Å². The molecule has 1 aliphatic rings. The van der Waals surface area contributed by atoms with Gasteiger partial charge in [0.1, 0.15) is 11.4 Å². The average Bonchev–Trinajstić information content (AvgIpc) is 2.45. The summed E-state index contributed by atoms with van der Waals surface area (Å²) in [7, 11) is 0. The lowest BCUT2D eigenvalue weighted by molar-refractivity contribution is 0.0657. The number of para-hydroxylation sites is 1. The lowest BCUT2D eigenvalue weighted by atomic mass is 9.89. The Morgan fingerprint density at radius 3 is 2.62 bits per heavy atom. The van der Waals surface area contributed by atoms with Crippen molar-refractivity contribution in [2.24, 2.45) is 0 Å². The van der Waals surface area contributed by atoms with Gasteiger partial charge in [-0.15, -0.1) is 0 Å². The third kappa shape index (κ3) is 3.11. The summed E-state index contributed by atoms with van der Waals surface area (Å²) < 4.78 is 6.09. The molecule has 2 nitrogen and oxygen atoms in total. The van der Waals surface area contributed by atoms with Crippen molar-refractivity contribution in [2.75, 3.05) is 0 Å². The first-order valence-electron chi connectivity index (χ1n) is 7.61. The molecule has 1 aliphatic heterocycles. The highest BCUT2D eigenvalue weighted by Gasteiger charge is 2.33. The molecule has 1 heterocycles. The van der Waals surface area contributed by atoms with Crippen LogP contribution in [-0.4, -0.2) is 5.60 Å². The van der Waals surface area contributed by atoms with Gasteiger partial charge in [0.15, 0.2) is 0 Å². The second-order valence-electron chi connectivity index (χ2n) is 6.46. The number of fused-ring (bicyclic) bond motifs is 1. The van der Waals surface area contributed by atoms with Crippen LogP contribution in [0.1, 0.15) is 43.0 Å². The van der Waals surface area contributed by atoms with Crippen molar-refractivity contribution in [3.63, 3.8) is 0 Å². The Morgan fingerprint density at radius 2 is 1.81 bits per heavy atom. The fourth-order valence-electron chi connectivity index (χ4n) is 3.03. The lowest BCUT2D eigenvalue weighted by Crippen LogP contribution is -2.39. The Balaban J connectivity index is 1.80. The maximum Gasteiger partial charge on any atom is 0.124 e. The van der Waals surface area contributed by atoms with E-state index in [2.05, 4.69) is 68.6 Å². The largest absolute Gasteiger partial charge is 0.487 e. The maximum absolute atomic E-state index is 6.09. The predicted octanol–water partition coefficient (Wildman–Crippen LogP) is 4.39. The van der Waals surface area contributed by atoms with Gasteiger partial charge in [-0.25, -0.2) is 0 Å². The van der Waals surface area contributed by atoms with Gasteiger partial charge < -0.3 is 10.1 Å². The molecule has 3 rings (SSSR count). The molecule has 1 N–H and O–H groups in total. The SMILES string of the molecule is Cc1ccccc1CNC1CC(C)(C)Oc2ccccc21. The zero-order valence-electron chi connectivity index (χ0n) is 13.0. The third-order valence-corrected chi connectivity index (χ3v) is 4.18. The fourth-order valence-corrected chi connectivity index (χ4v) is 3.03. The molecule has 0 aromatic heterocycles. The predicted molar refractivity (Wildman–Crippen MR) is 86.5 cm³/mol. The summed E-state index contributed by atoms with van der Waals surface area (Å²) in [6.45, 7) is 7.37. The summed E-state index contributed by atoms with van der Waals surface area (Å²) in [5.74, 6) is 1.01. The molecule has 0 radical (unpaired) electrons. The van der Waals surface area contributed by atoms with Crippen LogP contribution in [0.2, 0.25) is 0 Å². The number of nitrogens with one attached hydrogen (secondary N) is 1. The molecule has 2 aromatic rings. The Morgan fingerprint density at radius 1 is 1.10 bits per heavy atom. The summed E-state index contributed by atoms with van der Waals surface area (Å²) in [6.07, 6.45) is 0.982. The first-order chi connectivity index (χ1) is 10.1. The molecule has 0 saturated heterocycles. The minimum Gasteiger partial charge on any atom is -0.487 e. The molecule has 0 amide bonds. The smallest absolute Gasteiger partial charge is 0.124 e. The van der Waals surface area contributed by atoms with Crippen molar-refractivity contribution in [1.29, 1.82) is 0 Å². The van der Waals surface area contributed by atoms with E-state index in [9.17, 15) is 0 Å². The monoisotopic (exact) mass is 281 g/mol. The van der Waals surface area contributed by atoms with Crippen LogP contribution < -0.4 is 10.1 Å². The minimum absolute atomic E-state index is 0.127. The normalized spacial score (nSPS) is 19.7. The van der Waals surface area contributed by atoms with Crippen molar-refractivity contribution in [2.45, 2.75) is 45.4 Å². The number of ether oxygens (including phenoxy) is 1. The zero-order chi connectivity index (χ0) is 14.9. The van der Waals surface area contributed by atoms with Gasteiger partial charge in [0.05, 0.1) is 0 Å². The van der Waals surface area contributed by atoms with Gasteiger partial charge in [-0.3, -0.25) is 0 Å². The number of aryl methyl sites for hydroxylation is 1. The van der Waals surface area contributed by atoms with Crippen molar-refractivity contribution >= 4 is 0 Å². The van der Waals surface area contributed by atoms with Crippen molar-refractivity contribution in [3.05, 3.63) is 65.2 Å². The number of hydrogen-bond donors (Lipinski definition) is 1. The Kier molecular flexibility index (Phi) is 3.73. The van der Waals surface area contributed by atoms with Crippen LogP contribution in [0.3, 0.4) is 0 Å². The van der Waals surface area contributed by atoms with Crippen LogP contribution in [0.4, 0.5) is 0 Å². The molecule has 0 fully saturated rings.